The van der Waals surface area contributed by atoms with Gasteiger partial charge in [-0.05, 0) is 0 Å². The molecule has 0 aliphatic rings. The van der Waals surface area contributed by atoms with Crippen molar-refractivity contribution in [2.45, 2.75) is 19.2 Å². The average molecular weight is 244 g/mol. The Morgan fingerprint density at radius 2 is 2.31 bits per heavy atom. The second kappa shape index (κ2) is 4.40. The molecule has 0 atom stereocenters. The van der Waals surface area contributed by atoms with E-state index < -0.39 is 5.97 Å². The van der Waals surface area contributed by atoms with Gasteiger partial charge < -0.3 is 0 Å². The molecule has 0 aromatic carbocycles. The SMILES string of the molecule is CC[Se]c1nc(C)ccc1C(=O)O. The molecule has 0 saturated heterocycles. The Kier molecular flexibility index (Phi) is 3.46. The molecular weight excluding hydrogens is 233 g/mol. The fourth-order valence-electron chi connectivity index (χ4n) is 0.942. The van der Waals surface area contributed by atoms with Crippen LogP contribution in [0, 0.1) is 6.92 Å². The molecule has 0 amide bonds. The molecule has 13 heavy (non-hydrogen) atoms. The van der Waals surface area contributed by atoms with E-state index in [4.69, 9.17) is 5.11 Å². The molecule has 70 valence electrons. The van der Waals surface area contributed by atoms with Gasteiger partial charge in [-0.3, -0.25) is 0 Å². The molecular formula is C9H11NO2Se. The van der Waals surface area contributed by atoms with E-state index in [-0.39, 0.29) is 15.0 Å². The van der Waals surface area contributed by atoms with Crippen molar-refractivity contribution in [2.24, 2.45) is 0 Å². The van der Waals surface area contributed by atoms with Crippen LogP contribution in [0.5, 0.6) is 0 Å². The van der Waals surface area contributed by atoms with Crippen molar-refractivity contribution >= 4 is 25.5 Å². The third-order valence-corrected chi connectivity index (χ3v) is 3.34. The number of pyridine rings is 1. The number of aromatic nitrogens is 1. The zero-order valence-corrected chi connectivity index (χ0v) is 9.29. The summed E-state index contributed by atoms with van der Waals surface area (Å²) in [6.07, 6.45) is 0. The maximum absolute atomic E-state index is 10.8. The number of hydrogen-bond acceptors (Lipinski definition) is 2. The monoisotopic (exact) mass is 245 g/mol. The Labute approximate surface area is 83.3 Å². The Balaban J connectivity index is 3.10. The fraction of sp³-hybridized carbons (Fsp3) is 0.333. The predicted molar refractivity (Wildman–Crippen MR) is 51.8 cm³/mol. The van der Waals surface area contributed by atoms with Crippen LogP contribution in [0.15, 0.2) is 12.1 Å². The molecule has 1 N–H and O–H groups in total. The van der Waals surface area contributed by atoms with Crippen molar-refractivity contribution in [1.29, 1.82) is 0 Å². The van der Waals surface area contributed by atoms with Gasteiger partial charge in [-0.15, -0.1) is 0 Å². The number of rotatable bonds is 3. The van der Waals surface area contributed by atoms with Crippen LogP contribution >= 0.6 is 0 Å². The molecule has 1 aromatic heterocycles. The first-order valence-electron chi connectivity index (χ1n) is 3.99. The summed E-state index contributed by atoms with van der Waals surface area (Å²) in [5.41, 5.74) is 1.24. The number of hydrogen-bond donors (Lipinski definition) is 1. The van der Waals surface area contributed by atoms with Gasteiger partial charge in [0.25, 0.3) is 0 Å². The predicted octanol–water partition coefficient (Wildman–Crippen LogP) is 0.856. The summed E-state index contributed by atoms with van der Waals surface area (Å²) < 4.78 is 0.752. The minimum absolute atomic E-state index is 0.180. The quantitative estimate of drug-likeness (QED) is 0.802. The Bertz CT molecular complexity index is 325. The first-order valence-corrected chi connectivity index (χ1v) is 6.05. The van der Waals surface area contributed by atoms with Crippen molar-refractivity contribution in [2.75, 3.05) is 0 Å². The Morgan fingerprint density at radius 3 is 2.85 bits per heavy atom. The van der Waals surface area contributed by atoms with E-state index in [2.05, 4.69) is 4.98 Å². The van der Waals surface area contributed by atoms with Crippen molar-refractivity contribution in [3.05, 3.63) is 23.4 Å². The van der Waals surface area contributed by atoms with Crippen LogP contribution < -0.4 is 4.59 Å². The van der Waals surface area contributed by atoms with Crippen molar-refractivity contribution in [3.63, 3.8) is 0 Å². The normalized spacial score (nSPS) is 10.0. The fourth-order valence-corrected chi connectivity index (χ4v) is 2.61. The van der Waals surface area contributed by atoms with Gasteiger partial charge in [-0.2, -0.15) is 0 Å². The summed E-state index contributed by atoms with van der Waals surface area (Å²) in [6.45, 7) is 3.91. The van der Waals surface area contributed by atoms with E-state index in [1.54, 1.807) is 12.1 Å². The number of carbonyl (C=O) groups is 1. The summed E-state index contributed by atoms with van der Waals surface area (Å²) in [5, 5.41) is 9.83. The number of carboxylic acid groups (broad SMARTS) is 1. The van der Waals surface area contributed by atoms with Crippen LogP contribution in [-0.4, -0.2) is 31.0 Å². The van der Waals surface area contributed by atoms with Gasteiger partial charge in [0.15, 0.2) is 0 Å². The van der Waals surface area contributed by atoms with Crippen LogP contribution in [0.25, 0.3) is 0 Å². The molecule has 1 rings (SSSR count). The molecule has 0 aliphatic heterocycles. The van der Waals surface area contributed by atoms with Gasteiger partial charge in [0.05, 0.1) is 0 Å². The van der Waals surface area contributed by atoms with E-state index in [0.717, 1.165) is 15.6 Å². The third kappa shape index (κ3) is 2.54. The van der Waals surface area contributed by atoms with Crippen LogP contribution in [0.3, 0.4) is 0 Å². The Hall–Kier alpha value is -0.861. The number of aromatic carboxylic acids is 1. The van der Waals surface area contributed by atoms with Gasteiger partial charge >= 0.3 is 83.0 Å². The molecule has 1 heterocycles. The van der Waals surface area contributed by atoms with E-state index >= 15 is 0 Å². The summed E-state index contributed by atoms with van der Waals surface area (Å²) in [6, 6.07) is 3.37. The molecule has 0 fully saturated rings. The maximum atomic E-state index is 10.8. The Morgan fingerprint density at radius 1 is 1.62 bits per heavy atom. The first kappa shape index (κ1) is 10.2. The summed E-state index contributed by atoms with van der Waals surface area (Å²) >= 11 is 0.180. The van der Waals surface area contributed by atoms with Gasteiger partial charge in [0.2, 0.25) is 0 Å². The second-order valence-electron chi connectivity index (χ2n) is 2.54. The minimum atomic E-state index is -0.877. The first-order chi connectivity index (χ1) is 6.15. The molecule has 3 nitrogen and oxygen atoms in total. The van der Waals surface area contributed by atoms with Gasteiger partial charge in [-0.25, -0.2) is 0 Å². The standard InChI is InChI=1S/C9H11NO2Se/c1-3-13-8-7(9(11)12)5-4-6(2)10-8/h4-5H,3H2,1-2H3,(H,11,12). The van der Waals surface area contributed by atoms with E-state index in [9.17, 15) is 4.79 Å². The number of nitrogens with zero attached hydrogens (tertiary/aromatic N) is 1. The van der Waals surface area contributed by atoms with Crippen molar-refractivity contribution in [3.8, 4) is 0 Å². The molecule has 4 heteroatoms. The van der Waals surface area contributed by atoms with E-state index in [1.807, 2.05) is 13.8 Å². The van der Waals surface area contributed by atoms with Crippen LogP contribution in [-0.2, 0) is 0 Å². The average Bonchev–Trinajstić information content (AvgIpc) is 2.04. The second-order valence-corrected chi connectivity index (χ2v) is 5.17. The van der Waals surface area contributed by atoms with Crippen LogP contribution in [0.2, 0.25) is 5.32 Å². The summed E-state index contributed by atoms with van der Waals surface area (Å²) in [7, 11) is 0. The van der Waals surface area contributed by atoms with Crippen LogP contribution in [0.1, 0.15) is 23.0 Å². The molecule has 0 aliphatic carbocycles. The topological polar surface area (TPSA) is 50.2 Å². The summed E-state index contributed by atoms with van der Waals surface area (Å²) in [4.78, 5) is 15.0. The van der Waals surface area contributed by atoms with Crippen LogP contribution in [0.4, 0.5) is 0 Å². The molecule has 1 aromatic rings. The number of aryl methyl sites for hydroxylation is 1. The summed E-state index contributed by atoms with van der Waals surface area (Å²) in [5.74, 6) is -0.877. The van der Waals surface area contributed by atoms with E-state index in [1.165, 1.54) is 0 Å². The zero-order chi connectivity index (χ0) is 9.84. The zero-order valence-electron chi connectivity index (χ0n) is 7.57. The molecule has 0 unspecified atom stereocenters. The van der Waals surface area contributed by atoms with Gasteiger partial charge in [0.1, 0.15) is 0 Å². The van der Waals surface area contributed by atoms with E-state index in [0.29, 0.717) is 5.56 Å². The number of carboxylic acids is 1. The molecule has 0 saturated carbocycles. The van der Waals surface area contributed by atoms with Gasteiger partial charge in [-0.1, -0.05) is 0 Å². The van der Waals surface area contributed by atoms with Gasteiger partial charge in [0, 0.05) is 0 Å². The molecule has 0 radical (unpaired) electrons. The van der Waals surface area contributed by atoms with Crippen molar-refractivity contribution in [1.82, 2.24) is 4.98 Å². The third-order valence-electron chi connectivity index (χ3n) is 1.51. The molecule has 0 spiro atoms. The molecule has 0 bridgehead atoms. The van der Waals surface area contributed by atoms with Crippen molar-refractivity contribution < 1.29 is 9.90 Å².